The van der Waals surface area contributed by atoms with Gasteiger partial charge in [-0.2, -0.15) is 0 Å². The monoisotopic (exact) mass is 567 g/mol. The second-order valence-corrected chi connectivity index (χ2v) is 10.5. The average molecular weight is 568 g/mol. The summed E-state index contributed by atoms with van der Waals surface area (Å²) in [5.41, 5.74) is 2.53. The van der Waals surface area contributed by atoms with Crippen LogP contribution < -0.4 is 4.74 Å². The number of esters is 1. The van der Waals surface area contributed by atoms with E-state index in [4.69, 9.17) is 13.9 Å². The van der Waals surface area contributed by atoms with Gasteiger partial charge in [0.25, 0.3) is 5.91 Å². The summed E-state index contributed by atoms with van der Waals surface area (Å²) in [7, 11) is 0. The highest BCUT2D eigenvalue weighted by Gasteiger charge is 2.30. The van der Waals surface area contributed by atoms with Crippen LogP contribution in [0.15, 0.2) is 95.6 Å². The van der Waals surface area contributed by atoms with Crippen LogP contribution in [-0.4, -0.2) is 46.4 Å². The summed E-state index contributed by atoms with van der Waals surface area (Å²) >= 11 is 0. The molecular formula is C34H37N3O5. The lowest BCUT2D eigenvalue weighted by molar-refractivity contribution is -0.149. The highest BCUT2D eigenvalue weighted by atomic mass is 16.5. The first-order chi connectivity index (χ1) is 20.5. The standard InChI is InChI=1S/C34H37N3O5/c1-3-40-34(39)28-17-19-36(20-18-28)33(38)31-24-41-32(35-31)23-37(25(2)27-12-6-4-7-13-27)22-26-11-10-16-30(21-26)42-29-14-8-5-9-15-29/h4-16,21,24-25,28H,3,17-20,22-23H2,1-2H3/t25-/m0/s1. The number of carbonyl (C=O) groups excluding carboxylic acids is 2. The number of hydrogen-bond acceptors (Lipinski definition) is 7. The van der Waals surface area contributed by atoms with Crippen molar-refractivity contribution in [3.8, 4) is 11.5 Å². The Morgan fingerprint density at radius 2 is 1.64 bits per heavy atom. The fourth-order valence-electron chi connectivity index (χ4n) is 5.23. The highest BCUT2D eigenvalue weighted by molar-refractivity contribution is 5.92. The molecule has 8 heteroatoms. The van der Waals surface area contributed by atoms with E-state index in [0.717, 1.165) is 17.1 Å². The number of rotatable bonds is 11. The minimum atomic E-state index is -0.182. The minimum absolute atomic E-state index is 0.0536. The molecule has 4 aromatic rings. The van der Waals surface area contributed by atoms with Crippen LogP contribution in [0.2, 0.25) is 0 Å². The van der Waals surface area contributed by atoms with E-state index in [-0.39, 0.29) is 29.5 Å². The number of aromatic nitrogens is 1. The number of benzene rings is 3. The zero-order valence-electron chi connectivity index (χ0n) is 24.1. The molecule has 0 aliphatic carbocycles. The number of ether oxygens (including phenoxy) is 2. The lowest BCUT2D eigenvalue weighted by Gasteiger charge is -2.30. The summed E-state index contributed by atoms with van der Waals surface area (Å²) in [6, 6.07) is 28.1. The van der Waals surface area contributed by atoms with E-state index in [9.17, 15) is 9.59 Å². The quantitative estimate of drug-likeness (QED) is 0.188. The summed E-state index contributed by atoms with van der Waals surface area (Å²) in [6.45, 7) is 6.34. The van der Waals surface area contributed by atoms with Crippen molar-refractivity contribution in [3.05, 3.63) is 114 Å². The van der Waals surface area contributed by atoms with Gasteiger partial charge in [0.1, 0.15) is 17.8 Å². The topological polar surface area (TPSA) is 85.1 Å². The molecule has 5 rings (SSSR count). The van der Waals surface area contributed by atoms with Crippen molar-refractivity contribution in [1.82, 2.24) is 14.8 Å². The van der Waals surface area contributed by atoms with Crippen LogP contribution in [0.4, 0.5) is 0 Å². The van der Waals surface area contributed by atoms with Crippen LogP contribution >= 0.6 is 0 Å². The van der Waals surface area contributed by atoms with Crippen molar-refractivity contribution in [3.63, 3.8) is 0 Å². The Kier molecular flexibility index (Phi) is 9.66. The van der Waals surface area contributed by atoms with Gasteiger partial charge in [-0.25, -0.2) is 4.98 Å². The van der Waals surface area contributed by atoms with E-state index in [1.165, 1.54) is 11.8 Å². The van der Waals surface area contributed by atoms with E-state index < -0.39 is 0 Å². The van der Waals surface area contributed by atoms with Crippen LogP contribution in [-0.2, 0) is 22.6 Å². The zero-order valence-corrected chi connectivity index (χ0v) is 24.1. The van der Waals surface area contributed by atoms with E-state index in [1.807, 2.05) is 66.7 Å². The first-order valence-electron chi connectivity index (χ1n) is 14.5. The Morgan fingerprint density at radius 3 is 2.36 bits per heavy atom. The summed E-state index contributed by atoms with van der Waals surface area (Å²) < 4.78 is 17.0. The molecule has 0 spiro atoms. The van der Waals surface area contributed by atoms with Crippen molar-refractivity contribution in [1.29, 1.82) is 0 Å². The van der Waals surface area contributed by atoms with Crippen LogP contribution in [0, 0.1) is 5.92 Å². The lowest BCUT2D eigenvalue weighted by Crippen LogP contribution is -2.40. The first kappa shape index (κ1) is 29.1. The fourth-order valence-corrected chi connectivity index (χ4v) is 5.23. The molecule has 8 nitrogen and oxygen atoms in total. The van der Waals surface area contributed by atoms with Crippen molar-refractivity contribution < 1.29 is 23.5 Å². The largest absolute Gasteiger partial charge is 0.466 e. The number of piperidine rings is 1. The van der Waals surface area contributed by atoms with E-state index >= 15 is 0 Å². The Labute approximate surface area is 246 Å². The SMILES string of the molecule is CCOC(=O)C1CCN(C(=O)c2coc(CN(Cc3cccc(Oc4ccccc4)c3)[C@@H](C)c3ccccc3)n2)CC1. The second kappa shape index (κ2) is 14.0. The van der Waals surface area contributed by atoms with Gasteiger partial charge in [-0.3, -0.25) is 14.5 Å². The number of amides is 1. The molecule has 1 amide bonds. The molecule has 2 heterocycles. The van der Waals surface area contributed by atoms with E-state index in [0.29, 0.717) is 51.5 Å². The Morgan fingerprint density at radius 1 is 0.952 bits per heavy atom. The minimum Gasteiger partial charge on any atom is -0.466 e. The maximum Gasteiger partial charge on any atom is 0.309 e. The molecule has 218 valence electrons. The predicted octanol–water partition coefficient (Wildman–Crippen LogP) is 6.65. The third-order valence-corrected chi connectivity index (χ3v) is 7.60. The normalized spacial score (nSPS) is 14.5. The molecule has 0 saturated carbocycles. The third kappa shape index (κ3) is 7.44. The molecule has 0 unspecified atom stereocenters. The van der Waals surface area contributed by atoms with Gasteiger partial charge in [-0.15, -0.1) is 0 Å². The van der Waals surface area contributed by atoms with Gasteiger partial charge in [0.2, 0.25) is 5.89 Å². The predicted molar refractivity (Wildman–Crippen MR) is 159 cm³/mol. The van der Waals surface area contributed by atoms with E-state index in [2.05, 4.69) is 35.0 Å². The van der Waals surface area contributed by atoms with Crippen molar-refractivity contribution in [2.45, 2.75) is 45.8 Å². The second-order valence-electron chi connectivity index (χ2n) is 10.5. The maximum absolute atomic E-state index is 13.2. The molecule has 42 heavy (non-hydrogen) atoms. The number of oxazole rings is 1. The highest BCUT2D eigenvalue weighted by Crippen LogP contribution is 2.28. The van der Waals surface area contributed by atoms with Gasteiger partial charge in [0.15, 0.2) is 5.69 Å². The average Bonchev–Trinajstić information content (AvgIpc) is 3.50. The Bertz CT molecular complexity index is 1450. The molecule has 0 N–H and O–H groups in total. The summed E-state index contributed by atoms with van der Waals surface area (Å²) in [5, 5.41) is 0. The molecule has 1 saturated heterocycles. The number of likely N-dealkylation sites (tertiary alicyclic amines) is 1. The summed E-state index contributed by atoms with van der Waals surface area (Å²) in [4.78, 5) is 33.9. The van der Waals surface area contributed by atoms with E-state index in [1.54, 1.807) is 11.8 Å². The Balaban J connectivity index is 1.28. The van der Waals surface area contributed by atoms with Crippen molar-refractivity contribution in [2.75, 3.05) is 19.7 Å². The maximum atomic E-state index is 13.2. The zero-order chi connectivity index (χ0) is 29.3. The Hall–Kier alpha value is -4.43. The number of nitrogens with zero attached hydrogens (tertiary/aromatic N) is 3. The molecule has 1 aromatic heterocycles. The van der Waals surface area contributed by atoms with Gasteiger partial charge < -0.3 is 18.8 Å². The number of hydrogen-bond donors (Lipinski definition) is 0. The number of para-hydroxylation sites is 1. The third-order valence-electron chi connectivity index (χ3n) is 7.60. The van der Waals surface area contributed by atoms with Crippen LogP contribution in [0.5, 0.6) is 11.5 Å². The van der Waals surface area contributed by atoms with Crippen LogP contribution in [0.1, 0.15) is 60.2 Å². The van der Waals surface area contributed by atoms with Gasteiger partial charge in [-0.1, -0.05) is 60.7 Å². The van der Waals surface area contributed by atoms with Crippen molar-refractivity contribution >= 4 is 11.9 Å². The smallest absolute Gasteiger partial charge is 0.309 e. The van der Waals surface area contributed by atoms with Crippen LogP contribution in [0.25, 0.3) is 0 Å². The van der Waals surface area contributed by atoms with Gasteiger partial charge >= 0.3 is 5.97 Å². The summed E-state index contributed by atoms with van der Waals surface area (Å²) in [6.07, 6.45) is 2.62. The molecule has 0 bridgehead atoms. The molecule has 1 aliphatic rings. The molecule has 1 aliphatic heterocycles. The van der Waals surface area contributed by atoms with Gasteiger partial charge in [0, 0.05) is 25.7 Å². The lowest BCUT2D eigenvalue weighted by atomic mass is 9.97. The van der Waals surface area contributed by atoms with Gasteiger partial charge in [0.05, 0.1) is 19.1 Å². The number of carbonyl (C=O) groups is 2. The molecule has 3 aromatic carbocycles. The van der Waals surface area contributed by atoms with Crippen molar-refractivity contribution in [2.24, 2.45) is 5.92 Å². The fraction of sp³-hybridized carbons (Fsp3) is 0.324. The first-order valence-corrected chi connectivity index (χ1v) is 14.5. The molecule has 1 fully saturated rings. The molecule has 1 atom stereocenters. The molecular weight excluding hydrogens is 530 g/mol. The van der Waals surface area contributed by atoms with Gasteiger partial charge in [-0.05, 0) is 62.1 Å². The molecule has 0 radical (unpaired) electrons. The summed E-state index contributed by atoms with van der Waals surface area (Å²) in [5.74, 6) is 1.50. The van der Waals surface area contributed by atoms with Crippen LogP contribution in [0.3, 0.4) is 0 Å².